The third-order valence-corrected chi connectivity index (χ3v) is 6.26. The summed E-state index contributed by atoms with van der Waals surface area (Å²) in [7, 11) is 0. The van der Waals surface area contributed by atoms with Gasteiger partial charge in [0.1, 0.15) is 0 Å². The second kappa shape index (κ2) is 7.73. The van der Waals surface area contributed by atoms with Crippen molar-refractivity contribution >= 4 is 11.9 Å². The van der Waals surface area contributed by atoms with Crippen molar-refractivity contribution in [3.8, 4) is 11.5 Å². The zero-order chi connectivity index (χ0) is 20.7. The van der Waals surface area contributed by atoms with E-state index in [0.717, 1.165) is 30.4 Å². The van der Waals surface area contributed by atoms with Crippen LogP contribution in [0.15, 0.2) is 11.6 Å². The van der Waals surface area contributed by atoms with Crippen LogP contribution in [0.4, 0.5) is 0 Å². The third kappa shape index (κ3) is 3.61. The van der Waals surface area contributed by atoms with Gasteiger partial charge < -0.3 is 9.47 Å². The average Bonchev–Trinajstić information content (AvgIpc) is 2.56. The van der Waals surface area contributed by atoms with Gasteiger partial charge in [-0.15, -0.1) is 0 Å². The van der Waals surface area contributed by atoms with Gasteiger partial charge in [0.15, 0.2) is 11.5 Å². The number of esters is 2. The third-order valence-electron chi connectivity index (χ3n) is 6.26. The Bertz CT molecular complexity index is 845. The summed E-state index contributed by atoms with van der Waals surface area (Å²) in [6, 6.07) is 0. The molecule has 2 aliphatic carbocycles. The number of carbonyl (C=O) groups excluding carboxylic acids is 2. The van der Waals surface area contributed by atoms with Gasteiger partial charge in [-0.05, 0) is 74.5 Å². The monoisotopic (exact) mass is 384 g/mol. The lowest BCUT2D eigenvalue weighted by atomic mass is 9.62. The quantitative estimate of drug-likeness (QED) is 0.369. The molecule has 0 amide bonds. The fraction of sp³-hybridized carbons (Fsp3) is 0.583. The van der Waals surface area contributed by atoms with E-state index in [0.29, 0.717) is 23.3 Å². The number of hydrogen-bond acceptors (Lipinski definition) is 4. The predicted octanol–water partition coefficient (Wildman–Crippen LogP) is 5.92. The summed E-state index contributed by atoms with van der Waals surface area (Å²) in [5.74, 6) is 1.66. The highest BCUT2D eigenvalue weighted by Gasteiger charge is 2.42. The lowest BCUT2D eigenvalue weighted by Crippen LogP contribution is -2.29. The summed E-state index contributed by atoms with van der Waals surface area (Å²) < 4.78 is 11.3. The van der Waals surface area contributed by atoms with Crippen LogP contribution in [0.3, 0.4) is 0 Å². The first-order valence-electron chi connectivity index (χ1n) is 10.3. The first kappa shape index (κ1) is 20.6. The van der Waals surface area contributed by atoms with Gasteiger partial charge in [0, 0.05) is 25.3 Å². The average molecular weight is 385 g/mol. The summed E-state index contributed by atoms with van der Waals surface area (Å²) in [5.41, 5.74) is 5.90. The molecule has 1 unspecified atom stereocenters. The van der Waals surface area contributed by atoms with Gasteiger partial charge >= 0.3 is 11.9 Å². The SMILES string of the molecule is CC(=O)Oc1c(C)c2c3c(c1OC(C)=O)[C@@H](C)CCC3[C@@H](C)C[C@H]2C=C(C)C. The van der Waals surface area contributed by atoms with Gasteiger partial charge in [0.05, 0.1) is 0 Å². The van der Waals surface area contributed by atoms with Gasteiger partial charge in [0.2, 0.25) is 0 Å². The normalized spacial score (nSPS) is 25.5. The highest BCUT2D eigenvalue weighted by atomic mass is 16.6. The van der Waals surface area contributed by atoms with Crippen LogP contribution < -0.4 is 9.47 Å². The van der Waals surface area contributed by atoms with Crippen LogP contribution in [-0.2, 0) is 9.59 Å². The molecule has 4 nitrogen and oxygen atoms in total. The van der Waals surface area contributed by atoms with E-state index in [4.69, 9.17) is 9.47 Å². The number of hydrogen-bond donors (Lipinski definition) is 0. The first-order valence-corrected chi connectivity index (χ1v) is 10.3. The number of carbonyl (C=O) groups is 2. The molecular formula is C24H32O4. The smallest absolute Gasteiger partial charge is 0.308 e. The number of ether oxygens (including phenoxy) is 2. The molecule has 4 heteroatoms. The highest BCUT2D eigenvalue weighted by Crippen LogP contribution is 2.58. The molecule has 0 aromatic heterocycles. The Morgan fingerprint density at radius 1 is 0.893 bits per heavy atom. The Kier molecular flexibility index (Phi) is 5.69. The summed E-state index contributed by atoms with van der Waals surface area (Å²) in [6.45, 7) is 13.6. The van der Waals surface area contributed by atoms with Crippen molar-refractivity contribution in [1.29, 1.82) is 0 Å². The molecular weight excluding hydrogens is 352 g/mol. The number of benzene rings is 1. The standard InChI is InChI=1S/C24H32O4/c1-12(2)10-18-11-14(4)19-9-8-13(3)20-22(19)21(18)15(5)23(27-16(6)25)24(20)28-17(7)26/h10,13-14,18-19H,8-9,11H2,1-7H3/t13-,14-,18+,19?/m0/s1. The van der Waals surface area contributed by atoms with Crippen molar-refractivity contribution < 1.29 is 19.1 Å². The van der Waals surface area contributed by atoms with E-state index in [9.17, 15) is 9.59 Å². The predicted molar refractivity (Wildman–Crippen MR) is 110 cm³/mol. The minimum absolute atomic E-state index is 0.256. The highest BCUT2D eigenvalue weighted by molar-refractivity contribution is 5.77. The van der Waals surface area contributed by atoms with Crippen LogP contribution in [0.5, 0.6) is 11.5 Å². The lowest BCUT2D eigenvalue weighted by molar-refractivity contribution is -0.134. The Labute approximate surface area is 168 Å². The molecule has 1 aromatic rings. The van der Waals surface area contributed by atoms with E-state index >= 15 is 0 Å². The van der Waals surface area contributed by atoms with Gasteiger partial charge in [-0.2, -0.15) is 0 Å². The van der Waals surface area contributed by atoms with Crippen LogP contribution in [0.2, 0.25) is 0 Å². The summed E-state index contributed by atoms with van der Waals surface area (Å²) >= 11 is 0. The molecule has 152 valence electrons. The van der Waals surface area contributed by atoms with Crippen molar-refractivity contribution in [2.45, 2.75) is 85.5 Å². The molecule has 2 aliphatic rings. The maximum absolute atomic E-state index is 11.9. The second-order valence-corrected chi connectivity index (χ2v) is 8.86. The van der Waals surface area contributed by atoms with Gasteiger partial charge in [-0.3, -0.25) is 9.59 Å². The molecule has 28 heavy (non-hydrogen) atoms. The number of allylic oxidation sites excluding steroid dienone is 2. The summed E-state index contributed by atoms with van der Waals surface area (Å²) in [4.78, 5) is 23.8. The molecule has 0 saturated heterocycles. The van der Waals surface area contributed by atoms with E-state index in [2.05, 4.69) is 33.8 Å². The molecule has 0 radical (unpaired) electrons. The zero-order valence-electron chi connectivity index (χ0n) is 18.1. The van der Waals surface area contributed by atoms with E-state index in [1.807, 2.05) is 6.92 Å². The summed E-state index contributed by atoms with van der Waals surface area (Å²) in [6.07, 6.45) is 5.61. The minimum atomic E-state index is -0.397. The molecule has 0 aliphatic heterocycles. The fourth-order valence-corrected chi connectivity index (χ4v) is 5.29. The Hall–Kier alpha value is -2.10. The lowest BCUT2D eigenvalue weighted by Gasteiger charge is -2.43. The topological polar surface area (TPSA) is 52.6 Å². The molecule has 0 N–H and O–H groups in total. The van der Waals surface area contributed by atoms with Crippen molar-refractivity contribution in [2.24, 2.45) is 5.92 Å². The van der Waals surface area contributed by atoms with E-state index in [1.165, 1.54) is 30.5 Å². The van der Waals surface area contributed by atoms with E-state index < -0.39 is 5.97 Å². The van der Waals surface area contributed by atoms with Gasteiger partial charge in [0.25, 0.3) is 0 Å². The molecule has 4 atom stereocenters. The zero-order valence-corrected chi connectivity index (χ0v) is 18.1. The Morgan fingerprint density at radius 2 is 1.50 bits per heavy atom. The van der Waals surface area contributed by atoms with Crippen molar-refractivity contribution in [3.63, 3.8) is 0 Å². The second-order valence-electron chi connectivity index (χ2n) is 8.86. The minimum Gasteiger partial charge on any atom is -0.422 e. The molecule has 3 rings (SSSR count). The van der Waals surface area contributed by atoms with Crippen molar-refractivity contribution in [2.75, 3.05) is 0 Å². The largest absolute Gasteiger partial charge is 0.422 e. The molecule has 0 saturated carbocycles. The maximum atomic E-state index is 11.9. The van der Waals surface area contributed by atoms with Crippen LogP contribution in [0.1, 0.15) is 101 Å². The first-order chi connectivity index (χ1) is 13.1. The molecule has 0 bridgehead atoms. The van der Waals surface area contributed by atoms with Crippen LogP contribution in [0, 0.1) is 12.8 Å². The van der Waals surface area contributed by atoms with Crippen LogP contribution in [0.25, 0.3) is 0 Å². The fourth-order valence-electron chi connectivity index (χ4n) is 5.29. The van der Waals surface area contributed by atoms with E-state index in [1.54, 1.807) is 0 Å². The molecule has 1 aromatic carbocycles. The van der Waals surface area contributed by atoms with E-state index in [-0.39, 0.29) is 17.8 Å². The molecule has 0 heterocycles. The maximum Gasteiger partial charge on any atom is 0.308 e. The molecule has 0 spiro atoms. The van der Waals surface area contributed by atoms with Crippen LogP contribution in [-0.4, -0.2) is 11.9 Å². The van der Waals surface area contributed by atoms with Crippen molar-refractivity contribution in [1.82, 2.24) is 0 Å². The van der Waals surface area contributed by atoms with Gasteiger partial charge in [-0.1, -0.05) is 25.5 Å². The van der Waals surface area contributed by atoms with Crippen LogP contribution >= 0.6 is 0 Å². The van der Waals surface area contributed by atoms with Gasteiger partial charge in [-0.25, -0.2) is 0 Å². The van der Waals surface area contributed by atoms with Crippen molar-refractivity contribution in [3.05, 3.63) is 33.9 Å². The number of rotatable bonds is 3. The molecule has 0 fully saturated rings. The summed E-state index contributed by atoms with van der Waals surface area (Å²) in [5, 5.41) is 0. The Morgan fingerprint density at radius 3 is 2.07 bits per heavy atom. The Balaban J connectivity index is 2.39.